The number of nitrogens with one attached hydrogen (secondary N) is 1. The molecular formula is C22H20Cl2N4O3S. The van der Waals surface area contributed by atoms with Crippen LogP contribution in [0.4, 0.5) is 5.69 Å². The third kappa shape index (κ3) is 6.06. The number of amides is 1. The van der Waals surface area contributed by atoms with Crippen LogP contribution in [-0.2, 0) is 21.2 Å². The number of carbonyl (C=O) groups excluding carboxylic acids is 1. The van der Waals surface area contributed by atoms with Crippen LogP contribution in [0.25, 0.3) is 11.3 Å². The molecule has 0 unspecified atom stereocenters. The largest absolute Gasteiger partial charge is 0.368 e. The van der Waals surface area contributed by atoms with Crippen molar-refractivity contribution in [3.8, 4) is 11.3 Å². The smallest absolute Gasteiger partial charge is 0.284 e. The van der Waals surface area contributed by atoms with Gasteiger partial charge in [-0.25, -0.2) is 0 Å². The van der Waals surface area contributed by atoms with E-state index in [0.717, 1.165) is 0 Å². The van der Waals surface area contributed by atoms with Crippen molar-refractivity contribution in [1.29, 1.82) is 0 Å². The second-order valence-corrected chi connectivity index (χ2v) is 9.49. The molecule has 2 aromatic carbocycles. The van der Waals surface area contributed by atoms with Gasteiger partial charge in [0.15, 0.2) is 0 Å². The van der Waals surface area contributed by atoms with Crippen LogP contribution in [0.5, 0.6) is 0 Å². The van der Waals surface area contributed by atoms with Crippen LogP contribution >= 0.6 is 23.2 Å². The van der Waals surface area contributed by atoms with Gasteiger partial charge in [-0.2, -0.15) is 8.42 Å². The van der Waals surface area contributed by atoms with Gasteiger partial charge in [0.05, 0.1) is 17.1 Å². The molecular weight excluding hydrogens is 471 g/mol. The average molecular weight is 491 g/mol. The van der Waals surface area contributed by atoms with E-state index in [1.807, 2.05) is 0 Å². The molecule has 1 amide bonds. The van der Waals surface area contributed by atoms with Crippen LogP contribution in [0, 0.1) is 0 Å². The first kappa shape index (κ1) is 23.7. The van der Waals surface area contributed by atoms with Crippen LogP contribution in [0.2, 0.25) is 10.0 Å². The molecule has 0 atom stereocenters. The molecule has 0 radical (unpaired) electrons. The van der Waals surface area contributed by atoms with E-state index in [1.165, 1.54) is 23.5 Å². The fraction of sp³-hybridized carbons (Fsp3) is 0.136. The number of anilines is 1. The molecule has 0 spiro atoms. The van der Waals surface area contributed by atoms with Gasteiger partial charge in [-0.1, -0.05) is 41.4 Å². The maximum Gasteiger partial charge on any atom is 0.284 e. The lowest BCUT2D eigenvalue weighted by Gasteiger charge is -2.12. The molecule has 1 aromatic heterocycles. The van der Waals surface area contributed by atoms with Crippen LogP contribution in [0.3, 0.4) is 0 Å². The highest BCUT2D eigenvalue weighted by Gasteiger charge is 2.21. The minimum absolute atomic E-state index is 0.0427. The summed E-state index contributed by atoms with van der Waals surface area (Å²) < 4.78 is 29.6. The second kappa shape index (κ2) is 10.1. The lowest BCUT2D eigenvalue weighted by Crippen LogP contribution is -2.15. The highest BCUT2D eigenvalue weighted by atomic mass is 35.5. The first-order chi connectivity index (χ1) is 15.2. The number of halogens is 2. The zero-order valence-corrected chi connectivity index (χ0v) is 19.6. The van der Waals surface area contributed by atoms with Gasteiger partial charge >= 0.3 is 0 Å². The molecule has 166 valence electrons. The lowest BCUT2D eigenvalue weighted by atomic mass is 10.1. The number of hydrogen-bond donors (Lipinski definition) is 1. The molecule has 3 aromatic rings. The van der Waals surface area contributed by atoms with Crippen molar-refractivity contribution in [2.45, 2.75) is 11.3 Å². The van der Waals surface area contributed by atoms with Gasteiger partial charge in [-0.15, -0.1) is 4.40 Å². The summed E-state index contributed by atoms with van der Waals surface area (Å²) in [5.74, 6) is -0.337. The first-order valence-corrected chi connectivity index (χ1v) is 11.6. The zero-order valence-electron chi connectivity index (χ0n) is 17.3. The van der Waals surface area contributed by atoms with Crippen LogP contribution in [0.15, 0.2) is 70.1 Å². The van der Waals surface area contributed by atoms with Gasteiger partial charge in [-0.05, 0) is 42.0 Å². The van der Waals surface area contributed by atoms with E-state index in [0.29, 0.717) is 32.6 Å². The van der Waals surface area contributed by atoms with Crippen molar-refractivity contribution in [1.82, 2.24) is 9.88 Å². The Bertz CT molecular complexity index is 1260. The third-order valence-corrected chi connectivity index (χ3v) is 6.13. The number of pyridine rings is 1. The van der Waals surface area contributed by atoms with Crippen molar-refractivity contribution in [3.63, 3.8) is 0 Å². The number of sulfonamides is 1. The number of nitrogens with zero attached hydrogens (tertiary/aromatic N) is 3. The van der Waals surface area contributed by atoms with Gasteiger partial charge in [0.2, 0.25) is 5.91 Å². The van der Waals surface area contributed by atoms with E-state index < -0.39 is 10.0 Å². The van der Waals surface area contributed by atoms with Gasteiger partial charge in [0.1, 0.15) is 11.2 Å². The van der Waals surface area contributed by atoms with Crippen molar-refractivity contribution in [2.24, 2.45) is 4.40 Å². The zero-order chi connectivity index (χ0) is 23.3. The first-order valence-electron chi connectivity index (χ1n) is 9.42. The Morgan fingerprint density at radius 3 is 2.53 bits per heavy atom. The molecule has 32 heavy (non-hydrogen) atoms. The van der Waals surface area contributed by atoms with E-state index >= 15 is 0 Å². The van der Waals surface area contributed by atoms with E-state index in [-0.39, 0.29) is 17.2 Å². The van der Waals surface area contributed by atoms with Gasteiger partial charge in [-0.3, -0.25) is 9.78 Å². The van der Waals surface area contributed by atoms with Gasteiger partial charge in [0.25, 0.3) is 10.0 Å². The van der Waals surface area contributed by atoms with Crippen LogP contribution < -0.4 is 5.32 Å². The van der Waals surface area contributed by atoms with Crippen molar-refractivity contribution < 1.29 is 13.2 Å². The Hall–Kier alpha value is -2.94. The predicted molar refractivity (Wildman–Crippen MR) is 128 cm³/mol. The Morgan fingerprint density at radius 2 is 1.88 bits per heavy atom. The topological polar surface area (TPSA) is 91.7 Å². The molecule has 0 aliphatic rings. The molecule has 0 aliphatic heterocycles. The van der Waals surface area contributed by atoms with Crippen molar-refractivity contribution in [2.75, 3.05) is 19.4 Å². The van der Waals surface area contributed by atoms with Crippen LogP contribution in [0.1, 0.15) is 5.56 Å². The Labute approximate surface area is 196 Å². The van der Waals surface area contributed by atoms with Crippen LogP contribution in [-0.4, -0.2) is 44.6 Å². The normalized spacial score (nSPS) is 11.5. The molecule has 0 saturated heterocycles. The van der Waals surface area contributed by atoms with Crippen molar-refractivity contribution in [3.05, 3.63) is 76.4 Å². The molecule has 1 heterocycles. The van der Waals surface area contributed by atoms with Crippen molar-refractivity contribution >= 4 is 51.2 Å². The molecule has 1 N–H and O–H groups in total. The molecule has 10 heteroatoms. The molecule has 3 rings (SSSR count). The fourth-order valence-corrected chi connectivity index (χ4v) is 4.26. The standard InChI is InChI=1S/C22H20Cl2N4O3S/c1-28(2)14-26-32(30,31)21-12-17(8-9-18(21)20-10-7-16(23)13-25-20)27-22(29)11-15-5-3-4-6-19(15)24/h3-10,12-14H,11H2,1-2H3,(H,27,29)/b26-14+. The highest BCUT2D eigenvalue weighted by Crippen LogP contribution is 2.31. The lowest BCUT2D eigenvalue weighted by molar-refractivity contribution is -0.115. The van der Waals surface area contributed by atoms with E-state index in [9.17, 15) is 13.2 Å². The fourth-order valence-electron chi connectivity index (χ4n) is 2.79. The quantitative estimate of drug-likeness (QED) is 0.388. The SMILES string of the molecule is CN(C)/C=N/S(=O)(=O)c1cc(NC(=O)Cc2ccccc2Cl)ccc1-c1ccc(Cl)cn1. The highest BCUT2D eigenvalue weighted by molar-refractivity contribution is 7.90. The number of rotatable bonds is 7. The monoisotopic (exact) mass is 490 g/mol. The third-order valence-electron chi connectivity index (χ3n) is 4.27. The summed E-state index contributed by atoms with van der Waals surface area (Å²) in [6.45, 7) is 0. The Morgan fingerprint density at radius 1 is 1.12 bits per heavy atom. The number of benzene rings is 2. The second-order valence-electron chi connectivity index (χ2n) is 7.05. The maximum atomic E-state index is 13.0. The Balaban J connectivity index is 1.98. The molecule has 7 nitrogen and oxygen atoms in total. The molecule has 0 saturated carbocycles. The molecule has 0 bridgehead atoms. The summed E-state index contributed by atoms with van der Waals surface area (Å²) in [5.41, 5.74) is 1.71. The van der Waals surface area contributed by atoms with Gasteiger partial charge in [0, 0.05) is 36.6 Å². The van der Waals surface area contributed by atoms with Gasteiger partial charge < -0.3 is 10.2 Å². The summed E-state index contributed by atoms with van der Waals surface area (Å²) in [7, 11) is -0.768. The number of carbonyl (C=O) groups is 1. The summed E-state index contributed by atoms with van der Waals surface area (Å²) in [6.07, 6.45) is 2.66. The molecule has 0 fully saturated rings. The Kier molecular flexibility index (Phi) is 7.50. The minimum Gasteiger partial charge on any atom is -0.368 e. The maximum absolute atomic E-state index is 13.0. The summed E-state index contributed by atoms with van der Waals surface area (Å²) in [4.78, 5) is 18.1. The average Bonchev–Trinajstić information content (AvgIpc) is 2.75. The van der Waals surface area contributed by atoms with E-state index in [1.54, 1.807) is 62.6 Å². The summed E-state index contributed by atoms with van der Waals surface area (Å²) in [6, 6.07) is 14.8. The summed E-state index contributed by atoms with van der Waals surface area (Å²) in [5, 5.41) is 3.62. The summed E-state index contributed by atoms with van der Waals surface area (Å²) >= 11 is 12.0. The number of hydrogen-bond acceptors (Lipinski definition) is 4. The van der Waals surface area contributed by atoms with E-state index in [4.69, 9.17) is 23.2 Å². The minimum atomic E-state index is -4.09. The predicted octanol–water partition coefficient (Wildman–Crippen LogP) is 4.52. The number of aromatic nitrogens is 1. The van der Waals surface area contributed by atoms with E-state index in [2.05, 4.69) is 14.7 Å². The molecule has 0 aliphatic carbocycles.